The molecule has 2 fully saturated rings. The van der Waals surface area contributed by atoms with Gasteiger partial charge in [0.25, 0.3) is 5.91 Å². The van der Waals surface area contributed by atoms with E-state index in [2.05, 4.69) is 10.6 Å². The lowest BCUT2D eigenvalue weighted by atomic mass is 9.73. The Bertz CT molecular complexity index is 736. The summed E-state index contributed by atoms with van der Waals surface area (Å²) >= 11 is 0. The predicted molar refractivity (Wildman–Crippen MR) is 100 cm³/mol. The quantitative estimate of drug-likeness (QED) is 0.745. The number of rotatable bonds is 6. The number of methoxy groups -OCH3 is 1. The lowest BCUT2D eigenvalue weighted by Crippen LogP contribution is -2.54. The molecule has 7 nitrogen and oxygen atoms in total. The predicted octanol–water partition coefficient (Wildman–Crippen LogP) is 1.85. The van der Waals surface area contributed by atoms with Crippen LogP contribution in [0, 0.1) is 5.92 Å². The molecule has 1 aliphatic heterocycles. The first kappa shape index (κ1) is 19.2. The zero-order chi connectivity index (χ0) is 19.4. The number of urea groups is 1. The Hall–Kier alpha value is -2.57. The standard InChI is InChI=1S/C20H27N3O4/c1-14-7-5-6-11-20(14)18(25)23(19(26)22-20)13-17(24)21-12-10-15-8-3-4-9-16(15)27-2/h3-4,8-9,14H,5-7,10-13H2,1-2H3,(H,21,24)(H,22,26)/t14-,20-/m0/s1. The Morgan fingerprint density at radius 1 is 1.33 bits per heavy atom. The van der Waals surface area contributed by atoms with Gasteiger partial charge in [0.1, 0.15) is 17.8 Å². The van der Waals surface area contributed by atoms with Gasteiger partial charge in [-0.15, -0.1) is 0 Å². The average molecular weight is 373 g/mol. The van der Waals surface area contributed by atoms with Crippen molar-refractivity contribution >= 4 is 17.8 Å². The van der Waals surface area contributed by atoms with E-state index in [1.807, 2.05) is 31.2 Å². The highest BCUT2D eigenvalue weighted by atomic mass is 16.5. The minimum Gasteiger partial charge on any atom is -0.496 e. The van der Waals surface area contributed by atoms with E-state index in [-0.39, 0.29) is 24.3 Å². The third-order valence-corrected chi connectivity index (χ3v) is 5.71. The Balaban J connectivity index is 1.55. The summed E-state index contributed by atoms with van der Waals surface area (Å²) in [5.74, 6) is 0.254. The fourth-order valence-corrected chi connectivity index (χ4v) is 4.08. The summed E-state index contributed by atoms with van der Waals surface area (Å²) in [4.78, 5) is 38.5. The second kappa shape index (κ2) is 7.98. The lowest BCUT2D eigenvalue weighted by Gasteiger charge is -2.36. The highest BCUT2D eigenvalue weighted by Crippen LogP contribution is 2.38. The van der Waals surface area contributed by atoms with Crippen LogP contribution in [0.5, 0.6) is 5.75 Å². The number of amides is 4. The summed E-state index contributed by atoms with van der Waals surface area (Å²) in [5, 5.41) is 5.65. The number of carbonyl (C=O) groups excluding carboxylic acids is 3. The monoisotopic (exact) mass is 373 g/mol. The van der Waals surface area contributed by atoms with Crippen molar-refractivity contribution in [2.24, 2.45) is 5.92 Å². The van der Waals surface area contributed by atoms with Crippen molar-refractivity contribution < 1.29 is 19.1 Å². The number of hydrogen-bond donors (Lipinski definition) is 2. The van der Waals surface area contributed by atoms with E-state index in [9.17, 15) is 14.4 Å². The van der Waals surface area contributed by atoms with E-state index in [1.165, 1.54) is 0 Å². The molecule has 0 unspecified atom stereocenters. The molecule has 2 atom stereocenters. The zero-order valence-electron chi connectivity index (χ0n) is 15.9. The molecule has 146 valence electrons. The molecule has 1 aromatic rings. The molecule has 1 heterocycles. The van der Waals surface area contributed by atoms with Gasteiger partial charge in [-0.05, 0) is 36.8 Å². The zero-order valence-corrected chi connectivity index (χ0v) is 15.9. The second-order valence-corrected chi connectivity index (χ2v) is 7.35. The topological polar surface area (TPSA) is 87.7 Å². The van der Waals surface area contributed by atoms with Crippen LogP contribution in [-0.2, 0) is 16.0 Å². The smallest absolute Gasteiger partial charge is 0.325 e. The molecule has 1 aromatic carbocycles. The third kappa shape index (κ3) is 3.77. The molecular weight excluding hydrogens is 346 g/mol. The van der Waals surface area contributed by atoms with Crippen LogP contribution in [0.15, 0.2) is 24.3 Å². The molecule has 7 heteroatoms. The number of imide groups is 1. The van der Waals surface area contributed by atoms with Gasteiger partial charge in [0.2, 0.25) is 5.91 Å². The van der Waals surface area contributed by atoms with Gasteiger partial charge in [0.05, 0.1) is 7.11 Å². The van der Waals surface area contributed by atoms with E-state index < -0.39 is 11.6 Å². The van der Waals surface area contributed by atoms with Crippen LogP contribution in [0.1, 0.15) is 38.2 Å². The maximum absolute atomic E-state index is 12.9. The van der Waals surface area contributed by atoms with Crippen molar-refractivity contribution in [2.45, 2.75) is 44.6 Å². The highest BCUT2D eigenvalue weighted by Gasteiger charge is 2.55. The normalized spacial score (nSPS) is 24.8. The molecule has 1 saturated heterocycles. The fraction of sp³-hybridized carbons (Fsp3) is 0.550. The van der Waals surface area contributed by atoms with Crippen molar-refractivity contribution in [3.05, 3.63) is 29.8 Å². The van der Waals surface area contributed by atoms with Crippen molar-refractivity contribution in [1.29, 1.82) is 0 Å². The van der Waals surface area contributed by atoms with Crippen molar-refractivity contribution in [1.82, 2.24) is 15.5 Å². The van der Waals surface area contributed by atoms with Crippen LogP contribution in [-0.4, -0.2) is 48.5 Å². The summed E-state index contributed by atoms with van der Waals surface area (Å²) in [5.41, 5.74) is 0.165. The molecule has 1 saturated carbocycles. The maximum atomic E-state index is 12.9. The van der Waals surface area contributed by atoms with E-state index in [0.717, 1.165) is 35.5 Å². The summed E-state index contributed by atoms with van der Waals surface area (Å²) in [6, 6.07) is 7.15. The first-order valence-electron chi connectivity index (χ1n) is 9.50. The number of ether oxygens (including phenoxy) is 1. The van der Waals surface area contributed by atoms with Gasteiger partial charge in [-0.1, -0.05) is 38.0 Å². The van der Waals surface area contributed by atoms with Crippen LogP contribution < -0.4 is 15.4 Å². The van der Waals surface area contributed by atoms with Gasteiger partial charge in [-0.3, -0.25) is 14.5 Å². The SMILES string of the molecule is COc1ccccc1CCNC(=O)CN1C(=O)N[C@]2(CCCC[C@@H]2C)C1=O. The number of carbonyl (C=O) groups is 3. The van der Waals surface area contributed by atoms with Gasteiger partial charge in [0.15, 0.2) is 0 Å². The second-order valence-electron chi connectivity index (χ2n) is 7.35. The summed E-state index contributed by atoms with van der Waals surface area (Å²) < 4.78 is 5.29. The highest BCUT2D eigenvalue weighted by molar-refractivity contribution is 6.09. The van der Waals surface area contributed by atoms with Crippen molar-refractivity contribution in [2.75, 3.05) is 20.2 Å². The van der Waals surface area contributed by atoms with Crippen LogP contribution >= 0.6 is 0 Å². The van der Waals surface area contributed by atoms with Gasteiger partial charge < -0.3 is 15.4 Å². The fourth-order valence-electron chi connectivity index (χ4n) is 4.08. The number of para-hydroxylation sites is 1. The molecule has 27 heavy (non-hydrogen) atoms. The van der Waals surface area contributed by atoms with E-state index in [1.54, 1.807) is 7.11 Å². The molecule has 3 rings (SSSR count). The van der Waals surface area contributed by atoms with Gasteiger partial charge >= 0.3 is 6.03 Å². The lowest BCUT2D eigenvalue weighted by molar-refractivity contribution is -0.137. The molecule has 2 aliphatic rings. The summed E-state index contributed by atoms with van der Waals surface area (Å²) in [6.45, 7) is 2.16. The van der Waals surface area contributed by atoms with E-state index >= 15 is 0 Å². The largest absolute Gasteiger partial charge is 0.496 e. The summed E-state index contributed by atoms with van der Waals surface area (Å²) in [7, 11) is 1.61. The number of nitrogens with zero attached hydrogens (tertiary/aromatic N) is 1. The molecule has 0 radical (unpaired) electrons. The molecule has 0 aromatic heterocycles. The number of benzene rings is 1. The van der Waals surface area contributed by atoms with Gasteiger partial charge in [-0.25, -0.2) is 4.79 Å². The first-order valence-corrected chi connectivity index (χ1v) is 9.50. The number of hydrogen-bond acceptors (Lipinski definition) is 4. The minimum absolute atomic E-state index is 0.0845. The van der Waals surface area contributed by atoms with Gasteiger partial charge in [0, 0.05) is 6.54 Å². The average Bonchev–Trinajstić information content (AvgIpc) is 2.89. The number of nitrogens with one attached hydrogen (secondary N) is 2. The van der Waals surface area contributed by atoms with Crippen LogP contribution in [0.3, 0.4) is 0 Å². The Labute approximate surface area is 159 Å². The van der Waals surface area contributed by atoms with Crippen molar-refractivity contribution in [3.63, 3.8) is 0 Å². The van der Waals surface area contributed by atoms with E-state index in [0.29, 0.717) is 19.4 Å². The van der Waals surface area contributed by atoms with Crippen LogP contribution in [0.4, 0.5) is 4.79 Å². The van der Waals surface area contributed by atoms with Crippen molar-refractivity contribution in [3.8, 4) is 5.75 Å². The van der Waals surface area contributed by atoms with Crippen LogP contribution in [0.25, 0.3) is 0 Å². The Kier molecular flexibility index (Phi) is 5.68. The molecule has 0 bridgehead atoms. The molecular formula is C20H27N3O4. The molecule has 1 spiro atoms. The molecule has 1 aliphatic carbocycles. The summed E-state index contributed by atoms with van der Waals surface area (Å²) in [6.07, 6.45) is 4.14. The Morgan fingerprint density at radius 3 is 2.85 bits per heavy atom. The van der Waals surface area contributed by atoms with Crippen LogP contribution in [0.2, 0.25) is 0 Å². The first-order chi connectivity index (χ1) is 13.0. The third-order valence-electron chi connectivity index (χ3n) is 5.71. The maximum Gasteiger partial charge on any atom is 0.325 e. The minimum atomic E-state index is -0.826. The van der Waals surface area contributed by atoms with Gasteiger partial charge in [-0.2, -0.15) is 0 Å². The van der Waals surface area contributed by atoms with E-state index in [4.69, 9.17) is 4.74 Å². The Morgan fingerprint density at radius 2 is 2.11 bits per heavy atom. The molecule has 4 amide bonds. The molecule has 2 N–H and O–H groups in total.